The van der Waals surface area contributed by atoms with Crippen molar-refractivity contribution in [3.63, 3.8) is 0 Å². The summed E-state index contributed by atoms with van der Waals surface area (Å²) in [6.45, 7) is 0.953. The van der Waals surface area contributed by atoms with Gasteiger partial charge in [-0.15, -0.1) is 0 Å². The summed E-state index contributed by atoms with van der Waals surface area (Å²) in [5, 5.41) is 0. The van der Waals surface area contributed by atoms with Gasteiger partial charge in [-0.3, -0.25) is 27.9 Å². The highest BCUT2D eigenvalue weighted by atomic mass is 31.2. The van der Waals surface area contributed by atoms with Gasteiger partial charge in [0.25, 0.3) is 5.56 Å². The molecule has 2 aliphatic rings. The molecule has 0 aromatic carbocycles. The lowest BCUT2D eigenvalue weighted by Crippen LogP contribution is -2.46. The normalized spacial score (nSPS) is 41.3. The minimum atomic E-state index is -3.85. The van der Waals surface area contributed by atoms with Gasteiger partial charge in [-0.05, 0) is 6.92 Å². The van der Waals surface area contributed by atoms with Crippen molar-refractivity contribution < 1.29 is 27.3 Å². The van der Waals surface area contributed by atoms with Gasteiger partial charge in [0.1, 0.15) is 12.2 Å². The molecule has 1 N–H and O–H groups in total. The molecule has 3 heterocycles. The third kappa shape index (κ3) is 2.37. The zero-order valence-corrected chi connectivity index (χ0v) is 12.6. The fraction of sp³-hybridized carbons (Fsp3) is 0.636. The fourth-order valence-corrected chi connectivity index (χ4v) is 3.75. The first-order valence-electron chi connectivity index (χ1n) is 6.41. The van der Waals surface area contributed by atoms with Crippen molar-refractivity contribution in [3.05, 3.63) is 33.1 Å². The lowest BCUT2D eigenvalue weighted by molar-refractivity contribution is -0.0708. The molecule has 0 spiro atoms. The predicted molar refractivity (Wildman–Crippen MR) is 70.2 cm³/mol. The van der Waals surface area contributed by atoms with Crippen molar-refractivity contribution >= 4 is 7.82 Å². The van der Waals surface area contributed by atoms with Gasteiger partial charge in [-0.2, -0.15) is 0 Å². The van der Waals surface area contributed by atoms with Crippen molar-refractivity contribution in [2.24, 2.45) is 0 Å². The molecule has 1 unspecified atom stereocenters. The summed E-state index contributed by atoms with van der Waals surface area (Å²) >= 11 is 0. The van der Waals surface area contributed by atoms with Crippen LogP contribution in [0.1, 0.15) is 13.2 Å². The molecule has 2 aliphatic heterocycles. The Hall–Kier alpha value is -1.32. The molecule has 0 aliphatic carbocycles. The van der Waals surface area contributed by atoms with E-state index < -0.39 is 43.2 Å². The number of H-pyrrole nitrogens is 1. The summed E-state index contributed by atoms with van der Waals surface area (Å²) < 4.78 is 48.1. The van der Waals surface area contributed by atoms with Crippen LogP contribution >= 0.6 is 7.82 Å². The molecule has 0 amide bonds. The highest BCUT2D eigenvalue weighted by Gasteiger charge is 2.61. The van der Waals surface area contributed by atoms with Gasteiger partial charge in [0.15, 0.2) is 11.9 Å². The maximum atomic E-state index is 15.1. The average molecular weight is 336 g/mol. The topological polar surface area (TPSA) is 109 Å². The van der Waals surface area contributed by atoms with Gasteiger partial charge in [0.2, 0.25) is 0 Å². The highest BCUT2D eigenvalue weighted by molar-refractivity contribution is 7.48. The monoisotopic (exact) mass is 336 g/mol. The number of aromatic nitrogens is 2. The van der Waals surface area contributed by atoms with Crippen LogP contribution in [0.15, 0.2) is 21.9 Å². The van der Waals surface area contributed by atoms with Gasteiger partial charge >= 0.3 is 13.5 Å². The van der Waals surface area contributed by atoms with Crippen LogP contribution in [0.2, 0.25) is 0 Å². The number of phosphoric ester groups is 1. The number of nitrogens with one attached hydrogen (secondary N) is 1. The molecule has 5 atom stereocenters. The van der Waals surface area contributed by atoms with Gasteiger partial charge in [0, 0.05) is 19.4 Å². The molecule has 1 aromatic heterocycles. The van der Waals surface area contributed by atoms with E-state index in [1.165, 1.54) is 0 Å². The van der Waals surface area contributed by atoms with Gasteiger partial charge < -0.3 is 4.74 Å². The number of phosphoric acid groups is 1. The molecule has 22 heavy (non-hydrogen) atoms. The molecule has 0 saturated carbocycles. The second-order valence-corrected chi connectivity index (χ2v) is 6.88. The average Bonchev–Trinajstić information content (AvgIpc) is 2.71. The first kappa shape index (κ1) is 15.6. The van der Waals surface area contributed by atoms with E-state index >= 15 is 4.39 Å². The van der Waals surface area contributed by atoms with Crippen molar-refractivity contribution in [3.8, 4) is 0 Å². The quantitative estimate of drug-likeness (QED) is 0.775. The predicted octanol–water partition coefficient (Wildman–Crippen LogP) is 0.332. The first-order chi connectivity index (χ1) is 10.3. The number of halogens is 1. The van der Waals surface area contributed by atoms with Crippen LogP contribution in [0.3, 0.4) is 0 Å². The molecule has 3 rings (SSSR count). The Kier molecular flexibility index (Phi) is 3.61. The number of ether oxygens (including phenoxy) is 1. The summed E-state index contributed by atoms with van der Waals surface area (Å²) in [4.78, 5) is 24.9. The Labute approximate surface area is 123 Å². The number of hydrogen-bond acceptors (Lipinski definition) is 7. The maximum absolute atomic E-state index is 15.1. The zero-order valence-electron chi connectivity index (χ0n) is 11.7. The Morgan fingerprint density at radius 3 is 2.91 bits per heavy atom. The maximum Gasteiger partial charge on any atom is 0.475 e. The van der Waals surface area contributed by atoms with E-state index in [0.717, 1.165) is 30.9 Å². The van der Waals surface area contributed by atoms with Crippen molar-refractivity contribution in [1.82, 2.24) is 9.55 Å². The number of fused-ring (bicyclic) bond motifs is 1. The molecule has 2 saturated heterocycles. The number of hydrogen-bond donors (Lipinski definition) is 1. The van der Waals surface area contributed by atoms with Crippen LogP contribution in [0, 0.1) is 0 Å². The Morgan fingerprint density at radius 2 is 2.27 bits per heavy atom. The van der Waals surface area contributed by atoms with Crippen LogP contribution in [-0.2, 0) is 22.9 Å². The number of alkyl halides is 1. The second kappa shape index (κ2) is 5.10. The lowest BCUT2D eigenvalue weighted by atomic mass is 9.98. The SMILES string of the molecule is COP1(=O)OC[C@H]2O[C@@H](n3ccc(=O)[nH]c3=O)[C@](C)(F)[C@@H]2O1. The summed E-state index contributed by atoms with van der Waals surface area (Å²) in [6, 6.07) is 1.07. The number of aromatic amines is 1. The Morgan fingerprint density at radius 1 is 1.55 bits per heavy atom. The van der Waals surface area contributed by atoms with Crippen LogP contribution in [0.4, 0.5) is 4.39 Å². The third-order valence-corrected chi connectivity index (χ3v) is 5.05. The summed E-state index contributed by atoms with van der Waals surface area (Å²) in [6.07, 6.45) is -2.34. The third-order valence-electron chi connectivity index (χ3n) is 3.65. The summed E-state index contributed by atoms with van der Waals surface area (Å²) in [5.74, 6) is 0. The van der Waals surface area contributed by atoms with Crippen LogP contribution in [0.25, 0.3) is 0 Å². The zero-order chi connectivity index (χ0) is 16.1. The van der Waals surface area contributed by atoms with Crippen molar-refractivity contribution in [1.29, 1.82) is 0 Å². The molecule has 9 nitrogen and oxygen atoms in total. The largest absolute Gasteiger partial charge is 0.475 e. The van der Waals surface area contributed by atoms with Crippen molar-refractivity contribution in [2.45, 2.75) is 31.0 Å². The Bertz CT molecular complexity index is 744. The van der Waals surface area contributed by atoms with Crippen LogP contribution < -0.4 is 11.2 Å². The molecular formula is C11H14FN2O7P. The molecular weight excluding hydrogens is 322 g/mol. The van der Waals surface area contributed by atoms with E-state index in [0.29, 0.717) is 0 Å². The van der Waals surface area contributed by atoms with Crippen LogP contribution in [-0.4, -0.2) is 41.1 Å². The van der Waals surface area contributed by atoms with Gasteiger partial charge in [-0.25, -0.2) is 13.8 Å². The van der Waals surface area contributed by atoms with Crippen LogP contribution in [0.5, 0.6) is 0 Å². The minimum Gasteiger partial charge on any atom is -0.346 e. The van der Waals surface area contributed by atoms with Crippen molar-refractivity contribution in [2.75, 3.05) is 13.7 Å². The lowest BCUT2D eigenvalue weighted by Gasteiger charge is -2.33. The van der Waals surface area contributed by atoms with Gasteiger partial charge in [-0.1, -0.05) is 0 Å². The van der Waals surface area contributed by atoms with E-state index in [1.807, 2.05) is 4.98 Å². The minimum absolute atomic E-state index is 0.204. The number of nitrogens with zero attached hydrogens (tertiary/aromatic N) is 1. The molecule has 11 heteroatoms. The fourth-order valence-electron chi connectivity index (χ4n) is 2.55. The summed E-state index contributed by atoms with van der Waals surface area (Å²) in [5.41, 5.74) is -3.62. The number of rotatable bonds is 2. The molecule has 2 fully saturated rings. The molecule has 1 aromatic rings. The molecule has 0 radical (unpaired) electrons. The van der Waals surface area contributed by atoms with E-state index in [9.17, 15) is 14.2 Å². The highest BCUT2D eigenvalue weighted by Crippen LogP contribution is 2.58. The molecule has 122 valence electrons. The van der Waals surface area contributed by atoms with E-state index in [4.69, 9.17) is 13.8 Å². The van der Waals surface area contributed by atoms with E-state index in [-0.39, 0.29) is 6.61 Å². The van der Waals surface area contributed by atoms with E-state index in [1.54, 1.807) is 0 Å². The smallest absolute Gasteiger partial charge is 0.346 e. The first-order valence-corrected chi connectivity index (χ1v) is 7.87. The Balaban J connectivity index is 1.98. The van der Waals surface area contributed by atoms with Gasteiger partial charge in [0.05, 0.1) is 6.61 Å². The standard InChI is InChI=1S/C11H14FN2O7P/c1-11(12)8-6(5-19-22(17,18-2)21-8)20-9(11)14-4-3-7(15)13-10(14)16/h3-4,6,8-9H,5H2,1-2H3,(H,13,15,16)/t6-,8-,9-,11-,22?/m1/s1. The summed E-state index contributed by atoms with van der Waals surface area (Å²) in [7, 11) is -2.73. The van der Waals surface area contributed by atoms with E-state index in [2.05, 4.69) is 4.52 Å². The molecule has 0 bridgehead atoms. The second-order valence-electron chi connectivity index (χ2n) is 5.15.